The summed E-state index contributed by atoms with van der Waals surface area (Å²) < 4.78 is 32.7. The predicted molar refractivity (Wildman–Crippen MR) is 109 cm³/mol. The van der Waals surface area contributed by atoms with Crippen LogP contribution in [0.4, 0.5) is 5.69 Å². The number of carbonyl (C=O) groups excluding carboxylic acids is 1. The Bertz CT molecular complexity index is 769. The van der Waals surface area contributed by atoms with Gasteiger partial charge in [-0.05, 0) is 51.0 Å². The van der Waals surface area contributed by atoms with E-state index in [1.165, 1.54) is 0 Å². The van der Waals surface area contributed by atoms with Crippen molar-refractivity contribution in [2.75, 3.05) is 44.7 Å². The molecule has 0 radical (unpaired) electrons. The van der Waals surface area contributed by atoms with Gasteiger partial charge in [0.25, 0.3) is 0 Å². The van der Waals surface area contributed by atoms with E-state index in [0.29, 0.717) is 38.5 Å². The summed E-state index contributed by atoms with van der Waals surface area (Å²) >= 11 is 0. The Balaban J connectivity index is 1.61. The third-order valence-electron chi connectivity index (χ3n) is 5.49. The van der Waals surface area contributed by atoms with Gasteiger partial charge in [0.1, 0.15) is 0 Å². The summed E-state index contributed by atoms with van der Waals surface area (Å²) in [6, 6.07) is 6.48. The van der Waals surface area contributed by atoms with Gasteiger partial charge in [0.15, 0.2) is 0 Å². The van der Waals surface area contributed by atoms with E-state index in [2.05, 4.69) is 24.1 Å². The molecule has 2 fully saturated rings. The van der Waals surface area contributed by atoms with E-state index in [0.717, 1.165) is 25.7 Å². The average Bonchev–Trinajstić information content (AvgIpc) is 2.94. The number of ether oxygens (including phenoxy) is 1. The molecular formula is C20H31N3O4S. The summed E-state index contributed by atoms with van der Waals surface area (Å²) in [4.78, 5) is 14.8. The quantitative estimate of drug-likeness (QED) is 0.807. The number of sulfonamides is 1. The monoisotopic (exact) mass is 409 g/mol. The molecule has 7 nitrogen and oxygen atoms in total. The highest BCUT2D eigenvalue weighted by Crippen LogP contribution is 2.22. The van der Waals surface area contributed by atoms with Gasteiger partial charge in [0.2, 0.25) is 15.9 Å². The highest BCUT2D eigenvalue weighted by atomic mass is 32.2. The molecule has 0 aliphatic carbocycles. The maximum atomic E-state index is 12.8. The minimum atomic E-state index is -3.47. The Labute approximate surface area is 168 Å². The van der Waals surface area contributed by atoms with Crippen molar-refractivity contribution in [1.82, 2.24) is 9.21 Å². The molecule has 156 valence electrons. The van der Waals surface area contributed by atoms with Crippen LogP contribution >= 0.6 is 0 Å². The zero-order chi connectivity index (χ0) is 20.2. The Kier molecular flexibility index (Phi) is 6.75. The topological polar surface area (TPSA) is 79.0 Å². The number of carbonyl (C=O) groups is 1. The fraction of sp³-hybridized carbons (Fsp3) is 0.650. The van der Waals surface area contributed by atoms with Gasteiger partial charge in [-0.25, -0.2) is 8.42 Å². The van der Waals surface area contributed by atoms with Crippen molar-refractivity contribution < 1.29 is 17.9 Å². The van der Waals surface area contributed by atoms with Crippen LogP contribution in [0.3, 0.4) is 0 Å². The number of morpholine rings is 1. The lowest BCUT2D eigenvalue weighted by molar-refractivity contribution is -0.122. The van der Waals surface area contributed by atoms with Gasteiger partial charge in [-0.1, -0.05) is 12.8 Å². The number of hydrogen-bond acceptors (Lipinski definition) is 5. The first-order chi connectivity index (χ1) is 13.3. The number of anilines is 1. The normalized spacial score (nSPS) is 21.8. The van der Waals surface area contributed by atoms with Gasteiger partial charge in [-0.2, -0.15) is 4.31 Å². The number of benzene rings is 1. The van der Waals surface area contributed by atoms with Crippen LogP contribution in [0, 0.1) is 0 Å². The zero-order valence-electron chi connectivity index (χ0n) is 16.8. The lowest BCUT2D eigenvalue weighted by Crippen LogP contribution is -2.55. The van der Waals surface area contributed by atoms with Gasteiger partial charge in [0, 0.05) is 30.9 Å². The number of nitrogens with zero attached hydrogens (tertiary/aromatic N) is 2. The van der Waals surface area contributed by atoms with Gasteiger partial charge in [-0.3, -0.25) is 9.69 Å². The smallest absolute Gasteiger partial charge is 0.243 e. The van der Waals surface area contributed by atoms with Crippen LogP contribution in [0.25, 0.3) is 0 Å². The minimum Gasteiger partial charge on any atom is -0.378 e. The average molecular weight is 410 g/mol. The number of amides is 1. The third kappa shape index (κ3) is 5.11. The third-order valence-corrected chi connectivity index (χ3v) is 7.41. The van der Waals surface area contributed by atoms with Crippen molar-refractivity contribution >= 4 is 21.6 Å². The van der Waals surface area contributed by atoms with Gasteiger partial charge in [-0.15, -0.1) is 0 Å². The molecular weight excluding hydrogens is 378 g/mol. The largest absolute Gasteiger partial charge is 0.378 e. The molecule has 8 heteroatoms. The standard InChI is InChI=1S/C20H31N3O4S/c1-20(2)16-27-14-13-22(20)15-19(24)21-17-7-9-18(10-8-17)28(25,26)23-11-5-3-4-6-12-23/h7-10H,3-6,11-16H2,1-2H3,(H,21,24). The van der Waals surface area contributed by atoms with E-state index in [1.807, 2.05) is 0 Å². The molecule has 2 aliphatic rings. The second-order valence-electron chi connectivity index (χ2n) is 8.18. The Morgan fingerprint density at radius 1 is 1.07 bits per heavy atom. The Hall–Kier alpha value is -1.48. The molecule has 2 saturated heterocycles. The van der Waals surface area contributed by atoms with Crippen LogP contribution in [-0.4, -0.2) is 68.5 Å². The van der Waals surface area contributed by atoms with Crippen LogP contribution in [-0.2, 0) is 19.6 Å². The van der Waals surface area contributed by atoms with E-state index < -0.39 is 10.0 Å². The van der Waals surface area contributed by atoms with E-state index in [1.54, 1.807) is 28.6 Å². The van der Waals surface area contributed by atoms with Gasteiger partial charge in [0.05, 0.1) is 24.7 Å². The maximum Gasteiger partial charge on any atom is 0.243 e. The van der Waals surface area contributed by atoms with Gasteiger partial charge >= 0.3 is 0 Å². The second-order valence-corrected chi connectivity index (χ2v) is 10.1. The molecule has 2 heterocycles. The molecule has 0 aromatic heterocycles. The molecule has 1 aromatic rings. The predicted octanol–water partition coefficient (Wildman–Crippen LogP) is 2.30. The summed E-state index contributed by atoms with van der Waals surface area (Å²) in [6.45, 7) is 7.50. The fourth-order valence-electron chi connectivity index (χ4n) is 3.70. The molecule has 1 N–H and O–H groups in total. The van der Waals surface area contributed by atoms with Crippen molar-refractivity contribution in [1.29, 1.82) is 0 Å². The molecule has 0 spiro atoms. The number of nitrogens with one attached hydrogen (secondary N) is 1. The molecule has 28 heavy (non-hydrogen) atoms. The molecule has 3 rings (SSSR count). The van der Waals surface area contributed by atoms with E-state index in [4.69, 9.17) is 4.74 Å². The van der Waals surface area contributed by atoms with Crippen LogP contribution < -0.4 is 5.32 Å². The van der Waals surface area contributed by atoms with Crippen molar-refractivity contribution in [2.24, 2.45) is 0 Å². The molecule has 0 unspecified atom stereocenters. The van der Waals surface area contributed by atoms with Crippen LogP contribution in [0.1, 0.15) is 39.5 Å². The fourth-order valence-corrected chi connectivity index (χ4v) is 5.22. The number of hydrogen-bond donors (Lipinski definition) is 1. The van der Waals surface area contributed by atoms with Crippen molar-refractivity contribution in [3.63, 3.8) is 0 Å². The second kappa shape index (κ2) is 8.90. The Morgan fingerprint density at radius 3 is 2.32 bits per heavy atom. The molecule has 1 aromatic carbocycles. The molecule has 1 amide bonds. The first kappa shape index (κ1) is 21.2. The summed E-state index contributed by atoms with van der Waals surface area (Å²) in [5.74, 6) is -0.113. The summed E-state index contributed by atoms with van der Waals surface area (Å²) in [5, 5.41) is 2.87. The maximum absolute atomic E-state index is 12.8. The van der Waals surface area contributed by atoms with E-state index in [9.17, 15) is 13.2 Å². The van der Waals surface area contributed by atoms with Crippen molar-refractivity contribution in [2.45, 2.75) is 50.0 Å². The first-order valence-corrected chi connectivity index (χ1v) is 11.5. The minimum absolute atomic E-state index is 0.113. The lowest BCUT2D eigenvalue weighted by Gasteiger charge is -2.41. The molecule has 2 aliphatic heterocycles. The SMILES string of the molecule is CC1(C)COCCN1CC(=O)Nc1ccc(S(=O)(=O)N2CCCCCC2)cc1. The lowest BCUT2D eigenvalue weighted by atomic mass is 10.0. The highest BCUT2D eigenvalue weighted by molar-refractivity contribution is 7.89. The van der Waals surface area contributed by atoms with Crippen LogP contribution in [0.5, 0.6) is 0 Å². The molecule has 0 saturated carbocycles. The number of rotatable bonds is 5. The Morgan fingerprint density at radius 2 is 1.71 bits per heavy atom. The van der Waals surface area contributed by atoms with E-state index >= 15 is 0 Å². The summed E-state index contributed by atoms with van der Waals surface area (Å²) in [6.07, 6.45) is 3.98. The van der Waals surface area contributed by atoms with Crippen molar-refractivity contribution in [3.05, 3.63) is 24.3 Å². The highest BCUT2D eigenvalue weighted by Gasteiger charge is 2.31. The molecule has 0 atom stereocenters. The van der Waals surface area contributed by atoms with Crippen molar-refractivity contribution in [3.8, 4) is 0 Å². The van der Waals surface area contributed by atoms with Crippen LogP contribution in [0.2, 0.25) is 0 Å². The first-order valence-electron chi connectivity index (χ1n) is 10.0. The summed E-state index contributed by atoms with van der Waals surface area (Å²) in [5.41, 5.74) is 0.423. The summed E-state index contributed by atoms with van der Waals surface area (Å²) in [7, 11) is -3.47. The van der Waals surface area contributed by atoms with Crippen LogP contribution in [0.15, 0.2) is 29.2 Å². The zero-order valence-corrected chi connectivity index (χ0v) is 17.6. The molecule has 0 bridgehead atoms. The van der Waals surface area contributed by atoms with Gasteiger partial charge < -0.3 is 10.1 Å². The van der Waals surface area contributed by atoms with E-state index in [-0.39, 0.29) is 22.9 Å².